The number of hydrogen-bond donors (Lipinski definition) is 3. The van der Waals surface area contributed by atoms with E-state index >= 15 is 0 Å². The summed E-state index contributed by atoms with van der Waals surface area (Å²) in [5.74, 6) is 1.00. The van der Waals surface area contributed by atoms with Crippen LogP contribution in [0.3, 0.4) is 0 Å². The van der Waals surface area contributed by atoms with Crippen molar-refractivity contribution >= 4 is 11.9 Å². The molecule has 1 aromatic carbocycles. The second-order valence-corrected chi connectivity index (χ2v) is 8.71. The van der Waals surface area contributed by atoms with E-state index in [-0.39, 0.29) is 6.10 Å². The van der Waals surface area contributed by atoms with Crippen LogP contribution in [0.4, 0.5) is 0 Å². The number of aromatic nitrogens is 2. The fourth-order valence-corrected chi connectivity index (χ4v) is 4.52. The van der Waals surface area contributed by atoms with Crippen LogP contribution in [0.2, 0.25) is 0 Å². The highest BCUT2D eigenvalue weighted by Gasteiger charge is 2.41. The zero-order chi connectivity index (χ0) is 26.7. The third-order valence-corrected chi connectivity index (χ3v) is 6.01. The van der Waals surface area contributed by atoms with Gasteiger partial charge in [-0.3, -0.25) is 9.59 Å². The molecule has 2 saturated heterocycles. The minimum atomic E-state index is -0.833. The number of hydrogen-bond acceptors (Lipinski definition) is 8. The van der Waals surface area contributed by atoms with Gasteiger partial charge in [0, 0.05) is 26.2 Å². The Morgan fingerprint density at radius 2 is 1.69 bits per heavy atom. The minimum Gasteiger partial charge on any atom is -0.493 e. The summed E-state index contributed by atoms with van der Waals surface area (Å²) in [6, 6.07) is 3.84. The maximum absolute atomic E-state index is 9.00. The smallest absolute Gasteiger partial charge is 0.300 e. The Morgan fingerprint density at radius 3 is 2.25 bits per heavy atom. The zero-order valence-corrected chi connectivity index (χ0v) is 21.6. The van der Waals surface area contributed by atoms with E-state index in [0.717, 1.165) is 57.9 Å². The van der Waals surface area contributed by atoms with Gasteiger partial charge in [0.1, 0.15) is 5.82 Å². The van der Waals surface area contributed by atoms with Gasteiger partial charge >= 0.3 is 0 Å². The van der Waals surface area contributed by atoms with Crippen molar-refractivity contribution in [2.24, 2.45) is 5.41 Å². The summed E-state index contributed by atoms with van der Waals surface area (Å²) in [6.07, 6.45) is 7.53. The standard InChI is InChI=1S/C21H29N3O4.2C2H4O2/c1-25-17-5-4-16(18(26-2)19(17)27-3)20-23-10-11-24(20)13-15-12-21(14-28-15)6-8-22-9-7-21;2*1-2(3)4/h4-5,10-11,15,22H,6-9,12-14H2,1-3H3;2*1H3,(H,3,4). The van der Waals surface area contributed by atoms with Crippen LogP contribution in [0, 0.1) is 5.41 Å². The van der Waals surface area contributed by atoms with E-state index in [1.165, 1.54) is 12.8 Å². The maximum Gasteiger partial charge on any atom is 0.300 e. The first-order valence-electron chi connectivity index (χ1n) is 11.7. The number of ether oxygens (including phenoxy) is 4. The van der Waals surface area contributed by atoms with Crippen LogP contribution < -0.4 is 19.5 Å². The molecule has 0 aliphatic carbocycles. The second kappa shape index (κ2) is 13.7. The van der Waals surface area contributed by atoms with E-state index in [1.54, 1.807) is 21.3 Å². The van der Waals surface area contributed by atoms with Crippen molar-refractivity contribution in [1.29, 1.82) is 0 Å². The van der Waals surface area contributed by atoms with Crippen LogP contribution in [0.5, 0.6) is 17.2 Å². The summed E-state index contributed by atoms with van der Waals surface area (Å²) in [6.45, 7) is 6.00. The van der Waals surface area contributed by atoms with E-state index < -0.39 is 11.9 Å². The molecule has 200 valence electrons. The molecule has 3 heterocycles. The first-order valence-corrected chi connectivity index (χ1v) is 11.7. The number of rotatable bonds is 6. The summed E-state index contributed by atoms with van der Waals surface area (Å²) in [4.78, 5) is 22.6. The Morgan fingerprint density at radius 1 is 1.08 bits per heavy atom. The molecule has 36 heavy (non-hydrogen) atoms. The molecule has 2 aliphatic heterocycles. The molecular formula is C25H37N3O8. The van der Waals surface area contributed by atoms with Crippen LogP contribution in [0.1, 0.15) is 33.1 Å². The highest BCUT2D eigenvalue weighted by atomic mass is 16.5. The molecule has 1 aromatic heterocycles. The first-order chi connectivity index (χ1) is 17.2. The molecule has 4 rings (SSSR count). The SMILES string of the molecule is CC(=O)O.CC(=O)O.COc1ccc(-c2nccn2CC2CC3(CCNCC3)CO2)c(OC)c1OC. The van der Waals surface area contributed by atoms with Crippen molar-refractivity contribution in [1.82, 2.24) is 14.9 Å². The molecule has 0 bridgehead atoms. The van der Waals surface area contributed by atoms with E-state index in [0.29, 0.717) is 22.7 Å². The lowest BCUT2D eigenvalue weighted by atomic mass is 9.77. The van der Waals surface area contributed by atoms with Gasteiger partial charge in [-0.2, -0.15) is 0 Å². The normalized spacial score (nSPS) is 17.8. The van der Waals surface area contributed by atoms with Crippen molar-refractivity contribution in [3.05, 3.63) is 24.5 Å². The van der Waals surface area contributed by atoms with E-state index in [9.17, 15) is 0 Å². The summed E-state index contributed by atoms with van der Waals surface area (Å²) in [7, 11) is 4.86. The average molecular weight is 508 g/mol. The monoisotopic (exact) mass is 507 g/mol. The molecule has 2 aliphatic rings. The molecule has 0 amide bonds. The van der Waals surface area contributed by atoms with E-state index in [4.69, 9.17) is 38.7 Å². The Hall–Kier alpha value is -3.31. The Bertz CT molecular complexity index is 981. The number of carboxylic acid groups (broad SMARTS) is 2. The van der Waals surface area contributed by atoms with Gasteiger partial charge in [0.15, 0.2) is 11.5 Å². The van der Waals surface area contributed by atoms with Crippen molar-refractivity contribution in [2.75, 3.05) is 41.0 Å². The molecule has 11 nitrogen and oxygen atoms in total. The molecule has 11 heteroatoms. The Labute approximate surface area is 211 Å². The number of piperidine rings is 1. The molecule has 0 saturated carbocycles. The molecule has 2 fully saturated rings. The summed E-state index contributed by atoms with van der Waals surface area (Å²) in [5.41, 5.74) is 1.22. The number of aliphatic carboxylic acids is 2. The number of carboxylic acids is 2. The Balaban J connectivity index is 0.000000501. The second-order valence-electron chi connectivity index (χ2n) is 8.71. The molecule has 2 aromatic rings. The lowest BCUT2D eigenvalue weighted by Gasteiger charge is -2.32. The van der Waals surface area contributed by atoms with Gasteiger partial charge in [0.25, 0.3) is 11.9 Å². The maximum atomic E-state index is 9.00. The van der Waals surface area contributed by atoms with E-state index in [1.807, 2.05) is 24.5 Å². The quantitative estimate of drug-likeness (QED) is 0.534. The molecule has 1 spiro atoms. The average Bonchev–Trinajstić information content (AvgIpc) is 3.44. The van der Waals surface area contributed by atoms with Crippen LogP contribution in [-0.2, 0) is 20.9 Å². The first kappa shape index (κ1) is 28.9. The van der Waals surface area contributed by atoms with Crippen molar-refractivity contribution in [3.8, 4) is 28.6 Å². The van der Waals surface area contributed by atoms with Crippen LogP contribution >= 0.6 is 0 Å². The highest BCUT2D eigenvalue weighted by Crippen LogP contribution is 2.44. The molecule has 1 atom stereocenters. The number of imidazole rings is 1. The lowest BCUT2D eigenvalue weighted by molar-refractivity contribution is -0.135. The van der Waals surface area contributed by atoms with Gasteiger partial charge < -0.3 is 39.0 Å². The molecular weight excluding hydrogens is 470 g/mol. The predicted molar refractivity (Wildman–Crippen MR) is 133 cm³/mol. The number of methoxy groups -OCH3 is 3. The molecule has 1 unspecified atom stereocenters. The fraction of sp³-hybridized carbons (Fsp3) is 0.560. The fourth-order valence-electron chi connectivity index (χ4n) is 4.52. The molecule has 0 radical (unpaired) electrons. The van der Waals surface area contributed by atoms with Crippen LogP contribution in [0.15, 0.2) is 24.5 Å². The van der Waals surface area contributed by atoms with Crippen molar-refractivity contribution < 1.29 is 38.7 Å². The van der Waals surface area contributed by atoms with Crippen LogP contribution in [-0.4, -0.2) is 78.8 Å². The number of nitrogens with one attached hydrogen (secondary N) is 1. The van der Waals surface area contributed by atoms with E-state index in [2.05, 4.69) is 14.9 Å². The number of benzene rings is 1. The van der Waals surface area contributed by atoms with Gasteiger partial charge in [-0.25, -0.2) is 4.98 Å². The number of carbonyl (C=O) groups is 2. The Kier molecular flexibility index (Phi) is 11.0. The number of nitrogens with zero attached hydrogens (tertiary/aromatic N) is 2. The van der Waals surface area contributed by atoms with Gasteiger partial charge in [0.2, 0.25) is 5.75 Å². The van der Waals surface area contributed by atoms with Crippen LogP contribution in [0.25, 0.3) is 11.4 Å². The zero-order valence-electron chi connectivity index (χ0n) is 21.6. The van der Waals surface area contributed by atoms with Gasteiger partial charge in [0.05, 0.1) is 46.1 Å². The topological polar surface area (TPSA) is 141 Å². The van der Waals surface area contributed by atoms with Crippen molar-refractivity contribution in [3.63, 3.8) is 0 Å². The highest BCUT2D eigenvalue weighted by molar-refractivity contribution is 5.72. The largest absolute Gasteiger partial charge is 0.493 e. The summed E-state index contributed by atoms with van der Waals surface area (Å²) in [5, 5.41) is 18.3. The van der Waals surface area contributed by atoms with Gasteiger partial charge in [-0.15, -0.1) is 0 Å². The summed E-state index contributed by atoms with van der Waals surface area (Å²) < 4.78 is 24.9. The molecule has 3 N–H and O–H groups in total. The third kappa shape index (κ3) is 7.85. The minimum absolute atomic E-state index is 0.206. The van der Waals surface area contributed by atoms with Gasteiger partial charge in [-0.05, 0) is 49.9 Å². The lowest BCUT2D eigenvalue weighted by Crippen LogP contribution is -2.37. The van der Waals surface area contributed by atoms with Gasteiger partial charge in [-0.1, -0.05) is 0 Å². The summed E-state index contributed by atoms with van der Waals surface area (Å²) >= 11 is 0. The van der Waals surface area contributed by atoms with Crippen molar-refractivity contribution in [2.45, 2.75) is 45.8 Å². The third-order valence-electron chi connectivity index (χ3n) is 6.01. The predicted octanol–water partition coefficient (Wildman–Crippen LogP) is 2.92.